The van der Waals surface area contributed by atoms with Crippen LogP contribution in [0.1, 0.15) is 37.8 Å². The van der Waals surface area contributed by atoms with Crippen LogP contribution >= 0.6 is 12.2 Å². The number of thiocarbonyl (C=S) groups is 1. The van der Waals surface area contributed by atoms with E-state index in [0.717, 1.165) is 6.42 Å². The quantitative estimate of drug-likeness (QED) is 0.488. The standard InChI is InChI=1S/C14H21N3S/c1-10(2)13-6-4-12(5-7-13)8-11(3)9-16-17-14(15)18/h4-7,9-11H,8H2,1-3H3,(H3,15,17,18)/b16-9+. The monoisotopic (exact) mass is 263 g/mol. The van der Waals surface area contributed by atoms with Gasteiger partial charge in [0.2, 0.25) is 0 Å². The van der Waals surface area contributed by atoms with E-state index in [0.29, 0.717) is 11.8 Å². The van der Waals surface area contributed by atoms with E-state index >= 15 is 0 Å². The molecule has 3 nitrogen and oxygen atoms in total. The normalized spacial score (nSPS) is 12.9. The highest BCUT2D eigenvalue weighted by Crippen LogP contribution is 2.16. The maximum absolute atomic E-state index is 5.28. The topological polar surface area (TPSA) is 50.4 Å². The summed E-state index contributed by atoms with van der Waals surface area (Å²) in [6.45, 7) is 6.51. The molecule has 0 radical (unpaired) electrons. The molecule has 18 heavy (non-hydrogen) atoms. The van der Waals surface area contributed by atoms with Crippen LogP contribution in [-0.4, -0.2) is 11.3 Å². The minimum absolute atomic E-state index is 0.194. The average Bonchev–Trinajstić information content (AvgIpc) is 2.29. The van der Waals surface area contributed by atoms with Gasteiger partial charge in [-0.1, -0.05) is 45.0 Å². The highest BCUT2D eigenvalue weighted by atomic mass is 32.1. The summed E-state index contributed by atoms with van der Waals surface area (Å²) in [4.78, 5) is 0. The third-order valence-corrected chi connectivity index (χ3v) is 2.80. The number of rotatable bonds is 5. The number of benzene rings is 1. The van der Waals surface area contributed by atoms with Crippen molar-refractivity contribution in [3.05, 3.63) is 35.4 Å². The van der Waals surface area contributed by atoms with Crippen molar-refractivity contribution in [2.45, 2.75) is 33.1 Å². The first-order chi connectivity index (χ1) is 8.49. The molecule has 1 unspecified atom stereocenters. The molecule has 1 aromatic rings. The summed E-state index contributed by atoms with van der Waals surface area (Å²) in [7, 11) is 0. The van der Waals surface area contributed by atoms with Crippen molar-refractivity contribution in [3.8, 4) is 0 Å². The number of nitrogens with two attached hydrogens (primary N) is 1. The predicted octanol–water partition coefficient (Wildman–Crippen LogP) is 2.81. The minimum Gasteiger partial charge on any atom is -0.375 e. The van der Waals surface area contributed by atoms with E-state index in [4.69, 9.17) is 5.73 Å². The van der Waals surface area contributed by atoms with E-state index < -0.39 is 0 Å². The molecule has 0 aromatic heterocycles. The summed E-state index contributed by atoms with van der Waals surface area (Å²) < 4.78 is 0. The van der Waals surface area contributed by atoms with E-state index in [2.05, 4.69) is 67.8 Å². The fourth-order valence-corrected chi connectivity index (χ4v) is 1.74. The summed E-state index contributed by atoms with van der Waals surface area (Å²) in [5, 5.41) is 4.17. The van der Waals surface area contributed by atoms with Gasteiger partial charge in [-0.05, 0) is 41.6 Å². The highest BCUT2D eigenvalue weighted by Gasteiger charge is 2.02. The molecule has 1 rings (SSSR count). The Morgan fingerprint density at radius 2 is 1.94 bits per heavy atom. The van der Waals surface area contributed by atoms with Crippen LogP contribution in [-0.2, 0) is 6.42 Å². The lowest BCUT2D eigenvalue weighted by atomic mass is 9.97. The summed E-state index contributed by atoms with van der Waals surface area (Å²) >= 11 is 4.67. The molecule has 0 fully saturated rings. The number of hydrogen-bond donors (Lipinski definition) is 2. The van der Waals surface area contributed by atoms with Gasteiger partial charge in [-0.3, -0.25) is 5.43 Å². The van der Waals surface area contributed by atoms with Crippen LogP contribution in [0.25, 0.3) is 0 Å². The van der Waals surface area contributed by atoms with E-state index in [9.17, 15) is 0 Å². The maximum Gasteiger partial charge on any atom is 0.184 e. The molecule has 0 aliphatic heterocycles. The molecule has 1 atom stereocenters. The number of nitrogens with zero attached hydrogens (tertiary/aromatic N) is 1. The lowest BCUT2D eigenvalue weighted by molar-refractivity contribution is 0.772. The SMILES string of the molecule is CC(/C=N/NC(N)=S)Cc1ccc(C(C)C)cc1. The summed E-state index contributed by atoms with van der Waals surface area (Å²) in [6, 6.07) is 8.75. The van der Waals surface area contributed by atoms with Gasteiger partial charge in [0.1, 0.15) is 0 Å². The number of hydrogen-bond acceptors (Lipinski definition) is 2. The Morgan fingerprint density at radius 3 is 2.44 bits per heavy atom. The molecule has 0 spiro atoms. The Kier molecular flexibility index (Phi) is 5.78. The van der Waals surface area contributed by atoms with Crippen LogP contribution < -0.4 is 11.2 Å². The van der Waals surface area contributed by atoms with Crippen molar-refractivity contribution >= 4 is 23.5 Å². The molecular weight excluding hydrogens is 242 g/mol. The van der Waals surface area contributed by atoms with Crippen LogP contribution in [0.3, 0.4) is 0 Å². The molecule has 4 heteroatoms. The fraction of sp³-hybridized carbons (Fsp3) is 0.429. The van der Waals surface area contributed by atoms with E-state index in [-0.39, 0.29) is 5.11 Å². The van der Waals surface area contributed by atoms with Crippen molar-refractivity contribution < 1.29 is 0 Å². The summed E-state index contributed by atoms with van der Waals surface area (Å²) in [5.41, 5.74) is 10.5. The van der Waals surface area contributed by atoms with Crippen LogP contribution in [0.15, 0.2) is 29.4 Å². The zero-order chi connectivity index (χ0) is 13.5. The predicted molar refractivity (Wildman–Crippen MR) is 81.8 cm³/mol. The van der Waals surface area contributed by atoms with Gasteiger partial charge >= 0.3 is 0 Å². The van der Waals surface area contributed by atoms with E-state index in [1.54, 1.807) is 0 Å². The molecule has 0 aliphatic rings. The molecule has 98 valence electrons. The molecule has 0 saturated heterocycles. The summed E-state index contributed by atoms with van der Waals surface area (Å²) in [5.74, 6) is 0.921. The Hall–Kier alpha value is -1.42. The van der Waals surface area contributed by atoms with E-state index in [1.165, 1.54) is 11.1 Å². The number of hydrazone groups is 1. The smallest absolute Gasteiger partial charge is 0.184 e. The first kappa shape index (κ1) is 14.6. The van der Waals surface area contributed by atoms with Crippen molar-refractivity contribution in [3.63, 3.8) is 0 Å². The van der Waals surface area contributed by atoms with Gasteiger partial charge in [-0.15, -0.1) is 0 Å². The van der Waals surface area contributed by atoms with Crippen molar-refractivity contribution in [1.82, 2.24) is 5.43 Å². The van der Waals surface area contributed by atoms with Crippen LogP contribution in [0.2, 0.25) is 0 Å². The first-order valence-corrected chi connectivity index (χ1v) is 6.57. The Balaban J connectivity index is 2.51. The zero-order valence-electron chi connectivity index (χ0n) is 11.2. The second-order valence-corrected chi connectivity index (χ2v) is 5.27. The Bertz CT molecular complexity index is 410. The van der Waals surface area contributed by atoms with Gasteiger partial charge in [0, 0.05) is 6.21 Å². The average molecular weight is 263 g/mol. The fourth-order valence-electron chi connectivity index (χ4n) is 1.69. The van der Waals surface area contributed by atoms with Crippen LogP contribution in [0, 0.1) is 5.92 Å². The van der Waals surface area contributed by atoms with Gasteiger partial charge < -0.3 is 5.73 Å². The maximum atomic E-state index is 5.28. The van der Waals surface area contributed by atoms with Crippen LogP contribution in [0.5, 0.6) is 0 Å². The molecule has 0 heterocycles. The van der Waals surface area contributed by atoms with E-state index in [1.807, 2.05) is 6.21 Å². The molecular formula is C14H21N3S. The summed E-state index contributed by atoms with van der Waals surface area (Å²) in [6.07, 6.45) is 2.79. The number of nitrogens with one attached hydrogen (secondary N) is 1. The first-order valence-electron chi connectivity index (χ1n) is 6.16. The minimum atomic E-state index is 0.194. The highest BCUT2D eigenvalue weighted by molar-refractivity contribution is 7.80. The van der Waals surface area contributed by atoms with Crippen molar-refractivity contribution in [1.29, 1.82) is 0 Å². The molecule has 3 N–H and O–H groups in total. The van der Waals surface area contributed by atoms with Gasteiger partial charge in [0.15, 0.2) is 5.11 Å². The second kappa shape index (κ2) is 7.11. The van der Waals surface area contributed by atoms with Gasteiger partial charge in [0.05, 0.1) is 0 Å². The zero-order valence-corrected chi connectivity index (χ0v) is 12.0. The Labute approximate surface area is 114 Å². The lowest BCUT2D eigenvalue weighted by Crippen LogP contribution is -2.24. The lowest BCUT2D eigenvalue weighted by Gasteiger charge is -2.09. The third kappa shape index (κ3) is 5.27. The molecule has 0 amide bonds. The molecule has 0 bridgehead atoms. The van der Waals surface area contributed by atoms with Gasteiger partial charge in [-0.2, -0.15) is 5.10 Å². The second-order valence-electron chi connectivity index (χ2n) is 4.83. The largest absolute Gasteiger partial charge is 0.375 e. The van der Waals surface area contributed by atoms with Crippen molar-refractivity contribution in [2.24, 2.45) is 16.8 Å². The van der Waals surface area contributed by atoms with Gasteiger partial charge in [0.25, 0.3) is 0 Å². The van der Waals surface area contributed by atoms with Gasteiger partial charge in [-0.25, -0.2) is 0 Å². The molecule has 0 saturated carbocycles. The molecule has 1 aromatic carbocycles. The third-order valence-electron chi connectivity index (χ3n) is 2.71. The molecule has 0 aliphatic carbocycles. The van der Waals surface area contributed by atoms with Crippen LogP contribution in [0.4, 0.5) is 0 Å². The Morgan fingerprint density at radius 1 is 1.33 bits per heavy atom. The van der Waals surface area contributed by atoms with Crippen molar-refractivity contribution in [2.75, 3.05) is 0 Å².